The van der Waals surface area contributed by atoms with Crippen LogP contribution in [0.4, 0.5) is 0 Å². The number of carbonyl (C=O) groups is 3. The van der Waals surface area contributed by atoms with Crippen molar-refractivity contribution in [1.82, 2.24) is 5.32 Å². The van der Waals surface area contributed by atoms with Crippen LogP contribution in [0.5, 0.6) is 0 Å². The molecule has 1 amide bonds. The van der Waals surface area contributed by atoms with E-state index in [4.69, 9.17) is 14.6 Å². The number of aliphatic carboxylic acids is 2. The molecule has 8 heteroatoms. The Hall–Kier alpha value is -4.07. The maximum atomic E-state index is 12.8. The molecule has 0 bridgehead atoms. The first-order valence-corrected chi connectivity index (χ1v) is 8.57. The van der Waals surface area contributed by atoms with Crippen LogP contribution >= 0.6 is 0 Å². The van der Waals surface area contributed by atoms with Gasteiger partial charge < -0.3 is 25.0 Å². The Bertz CT molecular complexity index is 994. The summed E-state index contributed by atoms with van der Waals surface area (Å²) in [5, 5.41) is 20.9. The van der Waals surface area contributed by atoms with Crippen LogP contribution in [-0.2, 0) is 23.9 Å². The van der Waals surface area contributed by atoms with Gasteiger partial charge in [0.15, 0.2) is 11.5 Å². The lowest BCUT2D eigenvalue weighted by Gasteiger charge is -2.12. The molecule has 0 radical (unpaired) electrons. The van der Waals surface area contributed by atoms with Gasteiger partial charge in [0.2, 0.25) is 6.79 Å². The van der Waals surface area contributed by atoms with E-state index in [0.29, 0.717) is 11.1 Å². The van der Waals surface area contributed by atoms with Crippen molar-refractivity contribution in [2.75, 3.05) is 13.3 Å². The van der Waals surface area contributed by atoms with Crippen molar-refractivity contribution in [2.45, 2.75) is 0 Å². The van der Waals surface area contributed by atoms with Crippen molar-refractivity contribution in [3.63, 3.8) is 0 Å². The van der Waals surface area contributed by atoms with E-state index >= 15 is 0 Å². The molecule has 29 heavy (non-hydrogen) atoms. The van der Waals surface area contributed by atoms with Gasteiger partial charge in [0.25, 0.3) is 5.91 Å². The summed E-state index contributed by atoms with van der Waals surface area (Å²) in [5.74, 6) is -3.37. The van der Waals surface area contributed by atoms with Gasteiger partial charge in [-0.1, -0.05) is 60.7 Å². The van der Waals surface area contributed by atoms with Crippen LogP contribution < -0.4 is 5.32 Å². The largest absolute Gasteiger partial charge is 0.480 e. The quantitative estimate of drug-likeness (QED) is 0.640. The van der Waals surface area contributed by atoms with E-state index in [1.165, 1.54) is 0 Å². The number of amides is 1. The normalized spacial score (nSPS) is 16.3. The van der Waals surface area contributed by atoms with Crippen LogP contribution in [0, 0.1) is 0 Å². The third-order valence-electron chi connectivity index (χ3n) is 4.03. The van der Waals surface area contributed by atoms with E-state index in [0.717, 1.165) is 0 Å². The number of hydrogen-bond donors (Lipinski definition) is 3. The van der Waals surface area contributed by atoms with E-state index in [1.54, 1.807) is 60.7 Å². The third-order valence-corrected chi connectivity index (χ3v) is 4.03. The monoisotopic (exact) mass is 395 g/mol. The van der Waals surface area contributed by atoms with E-state index in [1.807, 2.05) is 0 Å². The van der Waals surface area contributed by atoms with E-state index < -0.39 is 24.4 Å². The second-order valence-corrected chi connectivity index (χ2v) is 5.93. The molecular formula is C21H17NO7. The van der Waals surface area contributed by atoms with Crippen molar-refractivity contribution < 1.29 is 34.1 Å². The van der Waals surface area contributed by atoms with Gasteiger partial charge in [-0.3, -0.25) is 9.59 Å². The number of carboxylic acid groups (broad SMARTS) is 2. The average molecular weight is 395 g/mol. The van der Waals surface area contributed by atoms with Gasteiger partial charge in [0, 0.05) is 0 Å². The molecule has 1 aliphatic heterocycles. The summed E-state index contributed by atoms with van der Waals surface area (Å²) in [4.78, 5) is 35.6. The standard InChI is InChI=1S/C21H17NO7/c23-15(24)11-22-20(25)16(13-7-3-1-4-8-13)18-19(29-12-28-18)17(21(26)27)14-9-5-2-6-10-14/h1-10H,11-12H2,(H,22,25)(H,23,24)(H,26,27)/b18-16+,19-17+. The Kier molecular flexibility index (Phi) is 5.94. The van der Waals surface area contributed by atoms with Crippen molar-refractivity contribution in [3.8, 4) is 0 Å². The molecule has 2 aromatic carbocycles. The summed E-state index contributed by atoms with van der Waals surface area (Å²) < 4.78 is 10.9. The molecule has 1 fully saturated rings. The molecule has 0 spiro atoms. The molecular weight excluding hydrogens is 378 g/mol. The predicted octanol–water partition coefficient (Wildman–Crippen LogP) is 2.10. The summed E-state index contributed by atoms with van der Waals surface area (Å²) in [5.41, 5.74) is 0.606. The number of rotatable bonds is 6. The lowest BCUT2D eigenvalue weighted by Crippen LogP contribution is -2.30. The van der Waals surface area contributed by atoms with Crippen LogP contribution in [0.15, 0.2) is 72.2 Å². The van der Waals surface area contributed by atoms with Crippen LogP contribution in [0.1, 0.15) is 11.1 Å². The highest BCUT2D eigenvalue weighted by Crippen LogP contribution is 2.35. The zero-order valence-corrected chi connectivity index (χ0v) is 15.1. The first kappa shape index (κ1) is 19.7. The molecule has 2 aromatic rings. The Morgan fingerprint density at radius 3 is 1.76 bits per heavy atom. The van der Waals surface area contributed by atoms with Gasteiger partial charge in [0.05, 0.1) is 5.57 Å². The number of ether oxygens (including phenoxy) is 2. The van der Waals surface area contributed by atoms with Gasteiger partial charge in [-0.2, -0.15) is 0 Å². The average Bonchev–Trinajstić information content (AvgIpc) is 3.17. The number of carbonyl (C=O) groups excluding carboxylic acids is 1. The molecule has 0 aliphatic carbocycles. The molecule has 1 aliphatic rings. The topological polar surface area (TPSA) is 122 Å². The summed E-state index contributed by atoms with van der Waals surface area (Å²) in [6, 6.07) is 16.7. The van der Waals surface area contributed by atoms with Crippen LogP contribution in [-0.4, -0.2) is 41.4 Å². The van der Waals surface area contributed by atoms with Crippen LogP contribution in [0.3, 0.4) is 0 Å². The lowest BCUT2D eigenvalue weighted by atomic mass is 9.98. The molecule has 3 rings (SSSR count). The van der Waals surface area contributed by atoms with Gasteiger partial charge in [-0.05, 0) is 11.1 Å². The number of benzene rings is 2. The summed E-state index contributed by atoms with van der Waals surface area (Å²) in [7, 11) is 0. The van der Waals surface area contributed by atoms with Gasteiger partial charge in [0.1, 0.15) is 12.1 Å². The van der Waals surface area contributed by atoms with Gasteiger partial charge in [-0.15, -0.1) is 0 Å². The number of nitrogens with one attached hydrogen (secondary N) is 1. The van der Waals surface area contributed by atoms with Gasteiger partial charge in [-0.25, -0.2) is 4.79 Å². The van der Waals surface area contributed by atoms with E-state index in [9.17, 15) is 19.5 Å². The fourth-order valence-corrected chi connectivity index (χ4v) is 2.82. The maximum absolute atomic E-state index is 12.8. The highest BCUT2D eigenvalue weighted by Gasteiger charge is 2.32. The minimum Gasteiger partial charge on any atom is -0.480 e. The molecule has 0 aromatic heterocycles. The first-order chi connectivity index (χ1) is 14.0. The fourth-order valence-electron chi connectivity index (χ4n) is 2.82. The molecule has 148 valence electrons. The molecule has 0 atom stereocenters. The summed E-state index contributed by atoms with van der Waals surface area (Å²) in [6.45, 7) is -0.885. The lowest BCUT2D eigenvalue weighted by molar-refractivity contribution is -0.137. The molecule has 0 unspecified atom stereocenters. The summed E-state index contributed by atoms with van der Waals surface area (Å²) in [6.07, 6.45) is 0. The number of hydrogen-bond acceptors (Lipinski definition) is 5. The molecule has 8 nitrogen and oxygen atoms in total. The second kappa shape index (κ2) is 8.75. The highest BCUT2D eigenvalue weighted by atomic mass is 16.7. The Morgan fingerprint density at radius 2 is 1.28 bits per heavy atom. The second-order valence-electron chi connectivity index (χ2n) is 5.93. The zero-order chi connectivity index (χ0) is 20.8. The third kappa shape index (κ3) is 4.44. The minimum atomic E-state index is -1.26. The number of carboxylic acids is 2. The van der Waals surface area contributed by atoms with Crippen molar-refractivity contribution >= 4 is 29.0 Å². The molecule has 0 saturated carbocycles. The Balaban J connectivity index is 2.21. The molecule has 1 saturated heterocycles. The molecule has 3 N–H and O–H groups in total. The Labute approximate surface area is 165 Å². The Morgan fingerprint density at radius 1 is 0.793 bits per heavy atom. The first-order valence-electron chi connectivity index (χ1n) is 8.57. The maximum Gasteiger partial charge on any atom is 0.340 e. The van der Waals surface area contributed by atoms with Crippen molar-refractivity contribution in [3.05, 3.63) is 83.3 Å². The smallest absolute Gasteiger partial charge is 0.340 e. The zero-order valence-electron chi connectivity index (χ0n) is 15.1. The molecule has 1 heterocycles. The SMILES string of the molecule is O=C(O)CNC(=O)/C(=C1/OCO/C1=C(/C(=O)O)c1ccccc1)c1ccccc1. The minimum absolute atomic E-state index is 0.0194. The van der Waals surface area contributed by atoms with Crippen LogP contribution in [0.25, 0.3) is 11.1 Å². The summed E-state index contributed by atoms with van der Waals surface area (Å²) >= 11 is 0. The fraction of sp³-hybridized carbons (Fsp3) is 0.0952. The van der Waals surface area contributed by atoms with E-state index in [-0.39, 0.29) is 29.5 Å². The van der Waals surface area contributed by atoms with Gasteiger partial charge >= 0.3 is 11.9 Å². The predicted molar refractivity (Wildman–Crippen MR) is 102 cm³/mol. The highest BCUT2D eigenvalue weighted by molar-refractivity contribution is 6.23. The van der Waals surface area contributed by atoms with Crippen molar-refractivity contribution in [1.29, 1.82) is 0 Å². The van der Waals surface area contributed by atoms with E-state index in [2.05, 4.69) is 5.32 Å². The van der Waals surface area contributed by atoms with Crippen molar-refractivity contribution in [2.24, 2.45) is 0 Å². The van der Waals surface area contributed by atoms with Crippen LogP contribution in [0.2, 0.25) is 0 Å².